The van der Waals surface area contributed by atoms with Crippen LogP contribution < -0.4 is 0 Å². The number of benzene rings is 1. The molecule has 1 aromatic carbocycles. The molecule has 0 radical (unpaired) electrons. The van der Waals surface area contributed by atoms with E-state index in [0.29, 0.717) is 6.42 Å². The second-order valence-electron chi connectivity index (χ2n) is 6.84. The Bertz CT molecular complexity index is 591. The molecule has 0 heterocycles. The number of rotatable bonds is 4. The molecule has 0 aliphatic heterocycles. The van der Waals surface area contributed by atoms with Crippen LogP contribution in [0.15, 0.2) is 24.3 Å². The van der Waals surface area contributed by atoms with E-state index in [1.807, 2.05) is 24.3 Å². The minimum absolute atomic E-state index is 0.0619. The summed E-state index contributed by atoms with van der Waals surface area (Å²) in [6.45, 7) is 4.28. The van der Waals surface area contributed by atoms with Gasteiger partial charge >= 0.3 is 5.97 Å². The van der Waals surface area contributed by atoms with E-state index in [9.17, 15) is 14.7 Å². The third-order valence-corrected chi connectivity index (χ3v) is 5.06. The van der Waals surface area contributed by atoms with Crippen molar-refractivity contribution in [3.63, 3.8) is 0 Å². The lowest BCUT2D eigenvalue weighted by molar-refractivity contribution is -0.158. The molecule has 0 saturated heterocycles. The van der Waals surface area contributed by atoms with Crippen LogP contribution in [-0.2, 0) is 20.5 Å². The average Bonchev–Trinajstić information content (AvgIpc) is 3.27. The van der Waals surface area contributed by atoms with Gasteiger partial charge in [-0.15, -0.1) is 0 Å². The van der Waals surface area contributed by atoms with Crippen LogP contribution in [0.5, 0.6) is 0 Å². The van der Waals surface area contributed by atoms with Gasteiger partial charge in [0, 0.05) is 6.04 Å². The van der Waals surface area contributed by atoms with Crippen molar-refractivity contribution >= 4 is 12.4 Å². The third-order valence-electron chi connectivity index (χ3n) is 5.06. The van der Waals surface area contributed by atoms with Crippen LogP contribution in [-0.4, -0.2) is 28.4 Å². The lowest BCUT2D eigenvalue weighted by Gasteiger charge is -2.47. The van der Waals surface area contributed by atoms with E-state index >= 15 is 0 Å². The Morgan fingerprint density at radius 1 is 1.24 bits per heavy atom. The standard InChI is InChI=1S/C17H21NO3/c1-16(2)9-10-17(15(20)21,18(11-19)12-7-8-12)14-6-4-3-5-13(14)16/h3-6,11-12H,7-10H2,1-2H3,(H,20,21). The van der Waals surface area contributed by atoms with Gasteiger partial charge in [0.1, 0.15) is 0 Å². The number of aliphatic carboxylic acids is 1. The topological polar surface area (TPSA) is 57.6 Å². The Hall–Kier alpha value is -1.84. The minimum Gasteiger partial charge on any atom is -0.479 e. The van der Waals surface area contributed by atoms with E-state index < -0.39 is 11.5 Å². The molecule has 1 saturated carbocycles. The molecule has 4 nitrogen and oxygen atoms in total. The van der Waals surface area contributed by atoms with Gasteiger partial charge in [-0.1, -0.05) is 38.1 Å². The summed E-state index contributed by atoms with van der Waals surface area (Å²) in [4.78, 5) is 25.4. The summed E-state index contributed by atoms with van der Waals surface area (Å²) in [5.74, 6) is -0.913. The number of hydrogen-bond acceptors (Lipinski definition) is 2. The lowest BCUT2D eigenvalue weighted by atomic mass is 9.65. The van der Waals surface area contributed by atoms with Crippen molar-refractivity contribution in [1.29, 1.82) is 0 Å². The van der Waals surface area contributed by atoms with Crippen LogP contribution in [0.2, 0.25) is 0 Å². The van der Waals surface area contributed by atoms with Crippen LogP contribution in [0.3, 0.4) is 0 Å². The Morgan fingerprint density at radius 2 is 1.86 bits per heavy atom. The van der Waals surface area contributed by atoms with Crippen molar-refractivity contribution in [3.8, 4) is 0 Å². The molecule has 4 heteroatoms. The first kappa shape index (κ1) is 14.1. The Morgan fingerprint density at radius 3 is 2.38 bits per heavy atom. The fraction of sp³-hybridized carbons (Fsp3) is 0.529. The number of carboxylic acid groups (broad SMARTS) is 1. The van der Waals surface area contributed by atoms with E-state index in [4.69, 9.17) is 0 Å². The number of carbonyl (C=O) groups is 2. The van der Waals surface area contributed by atoms with Crippen LogP contribution >= 0.6 is 0 Å². The summed E-state index contributed by atoms with van der Waals surface area (Å²) in [6.07, 6.45) is 3.77. The van der Waals surface area contributed by atoms with Crippen molar-refractivity contribution in [1.82, 2.24) is 4.90 Å². The molecule has 21 heavy (non-hydrogen) atoms. The summed E-state index contributed by atoms with van der Waals surface area (Å²) in [5.41, 5.74) is 0.571. The Labute approximate surface area is 124 Å². The van der Waals surface area contributed by atoms with Gasteiger partial charge in [0.25, 0.3) is 0 Å². The van der Waals surface area contributed by atoms with Crippen molar-refractivity contribution in [2.45, 2.75) is 56.5 Å². The van der Waals surface area contributed by atoms with E-state index in [1.54, 1.807) is 4.90 Å². The predicted molar refractivity (Wildman–Crippen MR) is 78.9 cm³/mol. The minimum atomic E-state index is -1.20. The summed E-state index contributed by atoms with van der Waals surface area (Å²) in [6, 6.07) is 7.77. The monoisotopic (exact) mass is 287 g/mol. The van der Waals surface area contributed by atoms with E-state index in [1.165, 1.54) is 0 Å². The molecule has 1 N–H and O–H groups in total. The van der Waals surface area contributed by atoms with Crippen molar-refractivity contribution in [2.24, 2.45) is 0 Å². The van der Waals surface area contributed by atoms with Gasteiger partial charge in [-0.25, -0.2) is 4.79 Å². The summed E-state index contributed by atoms with van der Waals surface area (Å²) in [7, 11) is 0. The quantitative estimate of drug-likeness (QED) is 0.866. The highest BCUT2D eigenvalue weighted by Crippen LogP contribution is 2.50. The van der Waals surface area contributed by atoms with Crippen LogP contribution in [0.4, 0.5) is 0 Å². The molecule has 0 aromatic heterocycles. The maximum Gasteiger partial charge on any atom is 0.334 e. The average molecular weight is 287 g/mol. The molecule has 3 rings (SSSR count). The summed E-state index contributed by atoms with van der Waals surface area (Å²) < 4.78 is 0. The summed E-state index contributed by atoms with van der Waals surface area (Å²) >= 11 is 0. The second-order valence-corrected chi connectivity index (χ2v) is 6.84. The second kappa shape index (κ2) is 4.58. The number of nitrogens with zero attached hydrogens (tertiary/aromatic N) is 1. The van der Waals surface area contributed by atoms with Gasteiger partial charge < -0.3 is 10.0 Å². The molecule has 0 spiro atoms. The maximum absolute atomic E-state index is 12.2. The van der Waals surface area contributed by atoms with Crippen LogP contribution in [0.25, 0.3) is 0 Å². The largest absolute Gasteiger partial charge is 0.479 e. The van der Waals surface area contributed by atoms with Gasteiger partial charge in [-0.3, -0.25) is 4.79 Å². The van der Waals surface area contributed by atoms with E-state index in [0.717, 1.165) is 36.8 Å². The summed E-state index contributed by atoms with van der Waals surface area (Å²) in [5, 5.41) is 9.98. The van der Waals surface area contributed by atoms with Crippen molar-refractivity contribution in [3.05, 3.63) is 35.4 Å². The highest BCUT2D eigenvalue weighted by atomic mass is 16.4. The zero-order chi connectivity index (χ0) is 15.3. The molecular formula is C17H21NO3. The van der Waals surface area contributed by atoms with Crippen LogP contribution in [0, 0.1) is 0 Å². The molecule has 1 unspecified atom stereocenters. The fourth-order valence-corrected chi connectivity index (χ4v) is 3.64. The highest BCUT2D eigenvalue weighted by Gasteiger charge is 2.55. The molecule has 1 atom stereocenters. The van der Waals surface area contributed by atoms with Gasteiger partial charge in [0.05, 0.1) is 0 Å². The zero-order valence-corrected chi connectivity index (χ0v) is 12.5. The van der Waals surface area contributed by atoms with E-state index in [2.05, 4.69) is 13.8 Å². The van der Waals surface area contributed by atoms with Gasteiger partial charge in [-0.2, -0.15) is 0 Å². The third kappa shape index (κ3) is 1.96. The van der Waals surface area contributed by atoms with Crippen molar-refractivity contribution < 1.29 is 14.7 Å². The first-order chi connectivity index (χ1) is 9.93. The molecule has 2 aliphatic rings. The van der Waals surface area contributed by atoms with Gasteiger partial charge in [0.15, 0.2) is 5.54 Å². The molecular weight excluding hydrogens is 266 g/mol. The molecule has 1 fully saturated rings. The first-order valence-electron chi connectivity index (χ1n) is 7.50. The number of amides is 1. The molecule has 0 bridgehead atoms. The smallest absolute Gasteiger partial charge is 0.334 e. The van der Waals surface area contributed by atoms with E-state index in [-0.39, 0.29) is 11.5 Å². The lowest BCUT2D eigenvalue weighted by Crippen LogP contribution is -2.56. The Kier molecular flexibility index (Phi) is 3.08. The van der Waals surface area contributed by atoms with Crippen molar-refractivity contribution in [2.75, 3.05) is 0 Å². The van der Waals surface area contributed by atoms with Gasteiger partial charge in [-0.05, 0) is 42.2 Å². The zero-order valence-electron chi connectivity index (χ0n) is 12.5. The first-order valence-corrected chi connectivity index (χ1v) is 7.50. The molecule has 1 amide bonds. The number of carbonyl (C=O) groups excluding carboxylic acids is 1. The number of carboxylic acids is 1. The predicted octanol–water partition coefficient (Wildman–Crippen LogP) is 2.66. The molecule has 2 aliphatic carbocycles. The van der Waals surface area contributed by atoms with Crippen LogP contribution in [0.1, 0.15) is 50.7 Å². The number of hydrogen-bond donors (Lipinski definition) is 1. The Balaban J connectivity index is 2.22. The molecule has 112 valence electrons. The maximum atomic E-state index is 12.2. The fourth-order valence-electron chi connectivity index (χ4n) is 3.64. The SMILES string of the molecule is CC1(C)CCC(C(=O)O)(N(C=O)C2CC2)c2ccccc21. The normalized spacial score (nSPS) is 26.8. The van der Waals surface area contributed by atoms with Gasteiger partial charge in [0.2, 0.25) is 6.41 Å². The molecule has 1 aromatic rings. The number of fused-ring (bicyclic) bond motifs is 1. The highest BCUT2D eigenvalue weighted by molar-refractivity contribution is 5.85.